The molecule has 1 aromatic heterocycles. The van der Waals surface area contributed by atoms with Crippen molar-refractivity contribution in [2.45, 2.75) is 32.7 Å². The van der Waals surface area contributed by atoms with Gasteiger partial charge in [-0.05, 0) is 59.7 Å². The summed E-state index contributed by atoms with van der Waals surface area (Å²) in [4.78, 5) is 0. The minimum absolute atomic E-state index is 0.330. The highest BCUT2D eigenvalue weighted by atomic mass is 127. The molecule has 0 radical (unpaired) electrons. The summed E-state index contributed by atoms with van der Waals surface area (Å²) in [5.74, 6) is 0. The third-order valence-electron chi connectivity index (χ3n) is 3.42. The minimum Gasteiger partial charge on any atom is -0.310 e. The average molecular weight is 383 g/mol. The third kappa shape index (κ3) is 3.82. The molecule has 0 spiro atoms. The van der Waals surface area contributed by atoms with Gasteiger partial charge in [0.15, 0.2) is 0 Å². The van der Waals surface area contributed by atoms with Gasteiger partial charge in [-0.25, -0.2) is 0 Å². The Morgan fingerprint density at radius 2 is 2.15 bits per heavy atom. The zero-order valence-corrected chi connectivity index (χ0v) is 14.5. The summed E-state index contributed by atoms with van der Waals surface area (Å²) in [7, 11) is 1.97. The van der Waals surface area contributed by atoms with E-state index in [0.717, 1.165) is 25.1 Å². The van der Waals surface area contributed by atoms with Crippen molar-refractivity contribution in [3.8, 4) is 0 Å². The molecule has 0 bridgehead atoms. The lowest BCUT2D eigenvalue weighted by Crippen LogP contribution is -2.25. The maximum Gasteiger partial charge on any atom is 0.0643 e. The summed E-state index contributed by atoms with van der Waals surface area (Å²) < 4.78 is 3.22. The molecule has 0 fully saturated rings. The SMILES string of the molecule is CCCNC(Cc1ccn(C)n1)c1cccc(C)c1I. The molecule has 0 saturated carbocycles. The lowest BCUT2D eigenvalue weighted by atomic mass is 10.00. The van der Waals surface area contributed by atoms with Gasteiger partial charge in [0.05, 0.1) is 5.69 Å². The molecule has 2 rings (SSSR count). The maximum atomic E-state index is 4.51. The van der Waals surface area contributed by atoms with Crippen LogP contribution in [0.2, 0.25) is 0 Å². The number of aromatic nitrogens is 2. The summed E-state index contributed by atoms with van der Waals surface area (Å²) >= 11 is 2.45. The number of benzene rings is 1. The highest BCUT2D eigenvalue weighted by Crippen LogP contribution is 2.25. The lowest BCUT2D eigenvalue weighted by Gasteiger charge is -2.20. The van der Waals surface area contributed by atoms with Crippen molar-refractivity contribution < 1.29 is 0 Å². The lowest BCUT2D eigenvalue weighted by molar-refractivity contribution is 0.519. The van der Waals surface area contributed by atoms with Crippen molar-refractivity contribution in [1.82, 2.24) is 15.1 Å². The van der Waals surface area contributed by atoms with Crippen LogP contribution in [0.5, 0.6) is 0 Å². The Morgan fingerprint density at radius 1 is 1.35 bits per heavy atom. The molecular formula is C16H22IN3. The number of rotatable bonds is 6. The van der Waals surface area contributed by atoms with Crippen molar-refractivity contribution in [2.24, 2.45) is 7.05 Å². The Morgan fingerprint density at radius 3 is 2.80 bits per heavy atom. The van der Waals surface area contributed by atoms with Gasteiger partial charge in [-0.15, -0.1) is 0 Å². The predicted octanol–water partition coefficient (Wildman–Crippen LogP) is 3.62. The normalized spacial score (nSPS) is 12.6. The Hall–Kier alpha value is -0.880. The van der Waals surface area contributed by atoms with E-state index in [1.807, 2.05) is 17.9 Å². The van der Waals surface area contributed by atoms with Crippen molar-refractivity contribution >= 4 is 22.6 Å². The van der Waals surface area contributed by atoms with E-state index in [0.29, 0.717) is 6.04 Å². The summed E-state index contributed by atoms with van der Waals surface area (Å²) in [6.45, 7) is 5.40. The molecule has 108 valence electrons. The van der Waals surface area contributed by atoms with Gasteiger partial charge in [-0.1, -0.05) is 25.1 Å². The predicted molar refractivity (Wildman–Crippen MR) is 91.8 cm³/mol. The highest BCUT2D eigenvalue weighted by Gasteiger charge is 2.16. The van der Waals surface area contributed by atoms with Crippen molar-refractivity contribution in [3.05, 3.63) is 50.9 Å². The topological polar surface area (TPSA) is 29.9 Å². The second-order valence-corrected chi connectivity index (χ2v) is 6.25. The number of hydrogen-bond acceptors (Lipinski definition) is 2. The second kappa shape index (κ2) is 7.22. The van der Waals surface area contributed by atoms with Crippen LogP contribution in [-0.2, 0) is 13.5 Å². The Bertz CT molecular complexity index is 563. The fourth-order valence-electron chi connectivity index (χ4n) is 2.33. The quantitative estimate of drug-likeness (QED) is 0.773. The molecule has 0 saturated heterocycles. The van der Waals surface area contributed by atoms with Crippen molar-refractivity contribution in [2.75, 3.05) is 6.54 Å². The molecule has 0 amide bonds. The summed E-state index contributed by atoms with van der Waals surface area (Å²) in [6.07, 6.45) is 4.08. The second-order valence-electron chi connectivity index (χ2n) is 5.17. The van der Waals surface area contributed by atoms with Crippen LogP contribution in [0.1, 0.15) is 36.2 Å². The van der Waals surface area contributed by atoms with E-state index >= 15 is 0 Å². The average Bonchev–Trinajstić information content (AvgIpc) is 2.83. The molecule has 3 nitrogen and oxygen atoms in total. The first-order valence-corrected chi connectivity index (χ1v) is 8.16. The van der Waals surface area contributed by atoms with Gasteiger partial charge in [-0.3, -0.25) is 4.68 Å². The molecule has 1 atom stereocenters. The Labute approximate surface area is 134 Å². The Balaban J connectivity index is 2.24. The van der Waals surface area contributed by atoms with Crippen LogP contribution >= 0.6 is 22.6 Å². The van der Waals surface area contributed by atoms with Crippen LogP contribution in [0.15, 0.2) is 30.5 Å². The summed E-state index contributed by atoms with van der Waals surface area (Å²) in [6, 6.07) is 8.97. The van der Waals surface area contributed by atoms with E-state index in [1.165, 1.54) is 14.7 Å². The van der Waals surface area contributed by atoms with Gasteiger partial charge in [0.25, 0.3) is 0 Å². The Kier molecular flexibility index (Phi) is 5.60. The van der Waals surface area contributed by atoms with Gasteiger partial charge in [0, 0.05) is 29.3 Å². The van der Waals surface area contributed by atoms with Crippen LogP contribution < -0.4 is 5.32 Å². The molecular weight excluding hydrogens is 361 g/mol. The maximum absolute atomic E-state index is 4.51. The molecule has 1 unspecified atom stereocenters. The van der Waals surface area contributed by atoms with E-state index < -0.39 is 0 Å². The molecule has 0 aliphatic rings. The number of hydrogen-bond donors (Lipinski definition) is 1. The van der Waals surface area contributed by atoms with Gasteiger partial charge in [0.1, 0.15) is 0 Å². The van der Waals surface area contributed by atoms with Crippen LogP contribution in [0, 0.1) is 10.5 Å². The van der Waals surface area contributed by atoms with Crippen LogP contribution in [0.4, 0.5) is 0 Å². The third-order valence-corrected chi connectivity index (χ3v) is 4.89. The fraction of sp³-hybridized carbons (Fsp3) is 0.438. The van der Waals surface area contributed by atoms with Crippen molar-refractivity contribution in [3.63, 3.8) is 0 Å². The zero-order chi connectivity index (χ0) is 14.5. The van der Waals surface area contributed by atoms with Gasteiger partial charge < -0.3 is 5.32 Å². The van der Waals surface area contributed by atoms with E-state index in [2.05, 4.69) is 71.1 Å². The molecule has 0 aliphatic carbocycles. The molecule has 4 heteroatoms. The number of aryl methyl sites for hydroxylation is 2. The standard InChI is InChI=1S/C16H22IN3/c1-4-9-18-15(11-13-8-10-20(3)19-13)14-7-5-6-12(2)16(14)17/h5-8,10,15,18H,4,9,11H2,1-3H3. The summed E-state index contributed by atoms with van der Waals surface area (Å²) in [5, 5.41) is 8.17. The van der Waals surface area contributed by atoms with E-state index in [1.54, 1.807) is 0 Å². The van der Waals surface area contributed by atoms with Crippen molar-refractivity contribution in [1.29, 1.82) is 0 Å². The first kappa shape index (κ1) is 15.5. The smallest absolute Gasteiger partial charge is 0.0643 e. The monoisotopic (exact) mass is 383 g/mol. The highest BCUT2D eigenvalue weighted by molar-refractivity contribution is 14.1. The van der Waals surface area contributed by atoms with Gasteiger partial charge in [0.2, 0.25) is 0 Å². The number of nitrogens with zero attached hydrogens (tertiary/aromatic N) is 2. The van der Waals surface area contributed by atoms with Crippen LogP contribution in [-0.4, -0.2) is 16.3 Å². The number of nitrogens with one attached hydrogen (secondary N) is 1. The fourth-order valence-corrected chi connectivity index (χ4v) is 3.07. The number of halogens is 1. The van der Waals surface area contributed by atoms with E-state index in [4.69, 9.17) is 0 Å². The van der Waals surface area contributed by atoms with E-state index in [-0.39, 0.29) is 0 Å². The molecule has 1 aromatic carbocycles. The molecule has 20 heavy (non-hydrogen) atoms. The molecule has 0 aliphatic heterocycles. The van der Waals surface area contributed by atoms with Gasteiger partial charge >= 0.3 is 0 Å². The van der Waals surface area contributed by atoms with Gasteiger partial charge in [-0.2, -0.15) is 5.10 Å². The van der Waals surface area contributed by atoms with E-state index in [9.17, 15) is 0 Å². The molecule has 2 aromatic rings. The zero-order valence-electron chi connectivity index (χ0n) is 12.4. The molecule has 1 heterocycles. The first-order chi connectivity index (χ1) is 9.61. The first-order valence-electron chi connectivity index (χ1n) is 7.08. The van der Waals surface area contributed by atoms with Crippen LogP contribution in [0.25, 0.3) is 0 Å². The largest absolute Gasteiger partial charge is 0.310 e. The minimum atomic E-state index is 0.330. The molecule has 1 N–H and O–H groups in total. The van der Waals surface area contributed by atoms with Crippen LogP contribution in [0.3, 0.4) is 0 Å². The summed E-state index contributed by atoms with van der Waals surface area (Å²) in [5.41, 5.74) is 3.86.